The quantitative estimate of drug-likeness (QED) is 0.330. The Balaban J connectivity index is 1.97. The van der Waals surface area contributed by atoms with Crippen LogP contribution in [0.2, 0.25) is 0 Å². The first-order valence-corrected chi connectivity index (χ1v) is 10.5. The number of aliphatic carboxylic acids is 1. The van der Waals surface area contributed by atoms with Gasteiger partial charge in [0.25, 0.3) is 0 Å². The Labute approximate surface area is 144 Å². The van der Waals surface area contributed by atoms with E-state index >= 15 is 0 Å². The minimum absolute atomic E-state index is 0.351. The maximum atomic E-state index is 10.5. The normalized spacial score (nSPS) is 20.9. The molecule has 1 aliphatic carbocycles. The lowest BCUT2D eigenvalue weighted by molar-refractivity contribution is -0.137. The number of hydrogen-bond donors (Lipinski definition) is 1. The van der Waals surface area contributed by atoms with Gasteiger partial charge in [0, 0.05) is 6.42 Å². The second-order valence-corrected chi connectivity index (χ2v) is 7.71. The molecule has 0 aliphatic heterocycles. The van der Waals surface area contributed by atoms with E-state index in [0.717, 1.165) is 24.7 Å². The van der Waals surface area contributed by atoms with E-state index < -0.39 is 5.97 Å². The molecule has 2 heteroatoms. The fourth-order valence-electron chi connectivity index (χ4n) is 4.27. The second-order valence-electron chi connectivity index (χ2n) is 7.71. The van der Waals surface area contributed by atoms with Crippen LogP contribution in [0.15, 0.2) is 0 Å². The third-order valence-corrected chi connectivity index (χ3v) is 5.71. The van der Waals surface area contributed by atoms with Crippen molar-refractivity contribution in [2.24, 2.45) is 11.8 Å². The molecular formula is C21H40O2. The van der Waals surface area contributed by atoms with Crippen LogP contribution in [0.25, 0.3) is 0 Å². The highest BCUT2D eigenvalue weighted by molar-refractivity contribution is 5.66. The standard InChI is InChI=1S/C21H40O2/c1-2-3-4-5-6-7-10-14-19-16-13-17-20(19)15-11-8-9-12-18-21(22)23/h19-20H,2-18H2,1H3,(H,22,23)/t19-,20-/m0/s1. The molecule has 0 aromatic carbocycles. The lowest BCUT2D eigenvalue weighted by atomic mass is 9.86. The predicted molar refractivity (Wildman–Crippen MR) is 98.8 cm³/mol. The number of hydrogen-bond acceptors (Lipinski definition) is 1. The summed E-state index contributed by atoms with van der Waals surface area (Å²) in [4.78, 5) is 10.5. The van der Waals surface area contributed by atoms with Crippen molar-refractivity contribution in [2.75, 3.05) is 0 Å². The predicted octanol–water partition coefficient (Wildman–Crippen LogP) is 6.97. The maximum Gasteiger partial charge on any atom is 0.303 e. The Bertz CT molecular complexity index is 288. The lowest BCUT2D eigenvalue weighted by Crippen LogP contribution is -2.08. The molecule has 2 atom stereocenters. The molecule has 0 spiro atoms. The molecule has 0 aromatic heterocycles. The number of carboxylic acids is 1. The molecule has 0 radical (unpaired) electrons. The van der Waals surface area contributed by atoms with Crippen molar-refractivity contribution in [1.82, 2.24) is 0 Å². The van der Waals surface area contributed by atoms with Gasteiger partial charge in [-0.2, -0.15) is 0 Å². The van der Waals surface area contributed by atoms with Crippen LogP contribution < -0.4 is 0 Å². The third kappa shape index (κ3) is 10.8. The van der Waals surface area contributed by atoms with Gasteiger partial charge in [-0.05, 0) is 18.3 Å². The molecule has 0 bridgehead atoms. The van der Waals surface area contributed by atoms with E-state index in [1.807, 2.05) is 0 Å². The topological polar surface area (TPSA) is 37.3 Å². The van der Waals surface area contributed by atoms with Crippen LogP contribution in [0.3, 0.4) is 0 Å². The van der Waals surface area contributed by atoms with Crippen molar-refractivity contribution >= 4 is 5.97 Å². The van der Waals surface area contributed by atoms with Gasteiger partial charge in [0.2, 0.25) is 0 Å². The van der Waals surface area contributed by atoms with Crippen molar-refractivity contribution in [3.8, 4) is 0 Å². The molecular weight excluding hydrogens is 284 g/mol. The molecule has 1 aliphatic rings. The van der Waals surface area contributed by atoms with Crippen LogP contribution in [0.4, 0.5) is 0 Å². The number of unbranched alkanes of at least 4 members (excludes halogenated alkanes) is 9. The van der Waals surface area contributed by atoms with Crippen molar-refractivity contribution in [1.29, 1.82) is 0 Å². The average Bonchev–Trinajstić information content (AvgIpc) is 2.97. The van der Waals surface area contributed by atoms with E-state index in [1.165, 1.54) is 89.9 Å². The molecule has 0 aromatic rings. The van der Waals surface area contributed by atoms with Gasteiger partial charge in [0.15, 0.2) is 0 Å². The van der Waals surface area contributed by atoms with Gasteiger partial charge >= 0.3 is 5.97 Å². The number of carbonyl (C=O) groups is 1. The molecule has 1 N–H and O–H groups in total. The SMILES string of the molecule is CCCCCCCCC[C@H]1CCC[C@@H]1CCCCCCC(=O)O. The molecule has 1 fully saturated rings. The largest absolute Gasteiger partial charge is 0.481 e. The van der Waals surface area contributed by atoms with E-state index in [4.69, 9.17) is 5.11 Å². The van der Waals surface area contributed by atoms with Crippen LogP contribution in [-0.2, 0) is 4.79 Å². The Kier molecular flexibility index (Phi) is 12.4. The first kappa shape index (κ1) is 20.5. The van der Waals surface area contributed by atoms with Gasteiger partial charge in [0.1, 0.15) is 0 Å². The first-order chi connectivity index (χ1) is 11.2. The molecule has 2 nitrogen and oxygen atoms in total. The van der Waals surface area contributed by atoms with Crippen molar-refractivity contribution in [3.63, 3.8) is 0 Å². The van der Waals surface area contributed by atoms with E-state index in [9.17, 15) is 4.79 Å². The highest BCUT2D eigenvalue weighted by atomic mass is 16.4. The summed E-state index contributed by atoms with van der Waals surface area (Å²) in [5.41, 5.74) is 0. The molecule has 1 rings (SSSR count). The van der Waals surface area contributed by atoms with Crippen LogP contribution in [0, 0.1) is 11.8 Å². The summed E-state index contributed by atoms with van der Waals surface area (Å²) in [6.07, 6.45) is 22.1. The van der Waals surface area contributed by atoms with Gasteiger partial charge < -0.3 is 5.11 Å². The molecule has 0 saturated heterocycles. The third-order valence-electron chi connectivity index (χ3n) is 5.71. The average molecular weight is 325 g/mol. The van der Waals surface area contributed by atoms with Gasteiger partial charge in [-0.15, -0.1) is 0 Å². The smallest absolute Gasteiger partial charge is 0.303 e. The highest BCUT2D eigenvalue weighted by Crippen LogP contribution is 2.38. The van der Waals surface area contributed by atoms with E-state index in [-0.39, 0.29) is 0 Å². The van der Waals surface area contributed by atoms with Crippen molar-refractivity contribution in [2.45, 2.75) is 116 Å². The zero-order chi connectivity index (χ0) is 16.8. The summed E-state index contributed by atoms with van der Waals surface area (Å²) in [6, 6.07) is 0. The van der Waals surface area contributed by atoms with Crippen LogP contribution in [-0.4, -0.2) is 11.1 Å². The minimum atomic E-state index is -0.643. The fraction of sp³-hybridized carbons (Fsp3) is 0.952. The van der Waals surface area contributed by atoms with E-state index in [1.54, 1.807) is 0 Å². The van der Waals surface area contributed by atoms with Crippen molar-refractivity contribution < 1.29 is 9.90 Å². The minimum Gasteiger partial charge on any atom is -0.481 e. The summed E-state index contributed by atoms with van der Waals surface area (Å²) in [7, 11) is 0. The summed E-state index contributed by atoms with van der Waals surface area (Å²) in [6.45, 7) is 2.28. The zero-order valence-corrected chi connectivity index (χ0v) is 15.5. The summed E-state index contributed by atoms with van der Waals surface area (Å²) >= 11 is 0. The molecule has 0 heterocycles. The molecule has 0 unspecified atom stereocenters. The van der Waals surface area contributed by atoms with Gasteiger partial charge in [-0.25, -0.2) is 0 Å². The maximum absolute atomic E-state index is 10.5. The van der Waals surface area contributed by atoms with Gasteiger partial charge in [-0.1, -0.05) is 103 Å². The van der Waals surface area contributed by atoms with Crippen LogP contribution >= 0.6 is 0 Å². The van der Waals surface area contributed by atoms with Crippen molar-refractivity contribution in [3.05, 3.63) is 0 Å². The Morgan fingerprint density at radius 3 is 1.78 bits per heavy atom. The lowest BCUT2D eigenvalue weighted by Gasteiger charge is -2.19. The molecule has 1 saturated carbocycles. The second kappa shape index (κ2) is 13.9. The molecule has 0 amide bonds. The van der Waals surface area contributed by atoms with Gasteiger partial charge in [0.05, 0.1) is 0 Å². The van der Waals surface area contributed by atoms with E-state index in [2.05, 4.69) is 6.92 Å². The summed E-state index contributed by atoms with van der Waals surface area (Å²) in [5, 5.41) is 8.64. The Morgan fingerprint density at radius 1 is 0.783 bits per heavy atom. The fourth-order valence-corrected chi connectivity index (χ4v) is 4.27. The van der Waals surface area contributed by atoms with E-state index in [0.29, 0.717) is 6.42 Å². The van der Waals surface area contributed by atoms with Crippen LogP contribution in [0.5, 0.6) is 0 Å². The summed E-state index contributed by atoms with van der Waals surface area (Å²) < 4.78 is 0. The Hall–Kier alpha value is -0.530. The molecule has 23 heavy (non-hydrogen) atoms. The monoisotopic (exact) mass is 324 g/mol. The Morgan fingerprint density at radius 2 is 1.26 bits per heavy atom. The summed E-state index contributed by atoms with van der Waals surface area (Å²) in [5.74, 6) is 1.34. The number of carboxylic acid groups (broad SMARTS) is 1. The number of rotatable bonds is 15. The molecule has 136 valence electrons. The first-order valence-electron chi connectivity index (χ1n) is 10.5. The van der Waals surface area contributed by atoms with Crippen LogP contribution in [0.1, 0.15) is 116 Å². The zero-order valence-electron chi connectivity index (χ0n) is 15.5. The highest BCUT2D eigenvalue weighted by Gasteiger charge is 2.25. The van der Waals surface area contributed by atoms with Gasteiger partial charge in [-0.3, -0.25) is 4.79 Å².